The van der Waals surface area contributed by atoms with E-state index in [1.165, 1.54) is 0 Å². The first-order valence-corrected chi connectivity index (χ1v) is 5.86. The molecule has 2 heterocycles. The molecule has 92 valence electrons. The lowest BCUT2D eigenvalue weighted by Gasteiger charge is -2.34. The Balaban J connectivity index is 1.87. The molecule has 0 unspecified atom stereocenters. The summed E-state index contributed by atoms with van der Waals surface area (Å²) in [6.45, 7) is 4.42. The molecule has 1 saturated heterocycles. The van der Waals surface area contributed by atoms with Crippen LogP contribution in [0, 0.1) is 0 Å². The molecular formula is C12H17N3O2. The molecule has 0 aliphatic carbocycles. The van der Waals surface area contributed by atoms with Gasteiger partial charge in [0.25, 0.3) is 0 Å². The van der Waals surface area contributed by atoms with Crippen LogP contribution in [0.25, 0.3) is 0 Å². The van der Waals surface area contributed by atoms with E-state index in [9.17, 15) is 0 Å². The largest absolute Gasteiger partial charge is 0.454 e. The monoisotopic (exact) mass is 235 g/mol. The molecule has 0 bridgehead atoms. The van der Waals surface area contributed by atoms with Crippen LogP contribution >= 0.6 is 0 Å². The van der Waals surface area contributed by atoms with E-state index in [-0.39, 0.29) is 0 Å². The summed E-state index contributed by atoms with van der Waals surface area (Å²) in [5.74, 6) is 1.55. The highest BCUT2D eigenvalue weighted by Crippen LogP contribution is 2.39. The van der Waals surface area contributed by atoms with Crippen LogP contribution in [0.1, 0.15) is 0 Å². The highest BCUT2D eigenvalue weighted by Gasteiger charge is 2.21. The predicted molar refractivity (Wildman–Crippen MR) is 66.7 cm³/mol. The van der Waals surface area contributed by atoms with Gasteiger partial charge in [0.1, 0.15) is 0 Å². The van der Waals surface area contributed by atoms with E-state index in [0.717, 1.165) is 49.1 Å². The van der Waals surface area contributed by atoms with Crippen LogP contribution in [0.2, 0.25) is 0 Å². The second kappa shape index (κ2) is 4.00. The maximum Gasteiger partial charge on any atom is 0.231 e. The molecule has 2 aliphatic heterocycles. The molecule has 1 aromatic rings. The third-order valence-corrected chi connectivity index (χ3v) is 3.37. The number of nitrogens with zero attached hydrogens (tertiary/aromatic N) is 2. The summed E-state index contributed by atoms with van der Waals surface area (Å²) in [7, 11) is 2.14. The molecule has 2 N–H and O–H groups in total. The average molecular weight is 235 g/mol. The van der Waals surface area contributed by atoms with E-state index in [2.05, 4.69) is 16.8 Å². The normalized spacial score (nSPS) is 19.7. The van der Waals surface area contributed by atoms with Gasteiger partial charge in [0.05, 0.1) is 11.4 Å². The molecule has 5 heteroatoms. The summed E-state index contributed by atoms with van der Waals surface area (Å²) >= 11 is 0. The summed E-state index contributed by atoms with van der Waals surface area (Å²) in [4.78, 5) is 4.62. The van der Waals surface area contributed by atoms with E-state index in [1.807, 2.05) is 12.1 Å². The van der Waals surface area contributed by atoms with Gasteiger partial charge in [0.2, 0.25) is 6.79 Å². The Morgan fingerprint density at radius 3 is 2.41 bits per heavy atom. The van der Waals surface area contributed by atoms with Crippen molar-refractivity contribution >= 4 is 11.4 Å². The van der Waals surface area contributed by atoms with Crippen molar-refractivity contribution in [3.8, 4) is 11.5 Å². The Labute approximate surface area is 101 Å². The first kappa shape index (κ1) is 10.5. The second-order valence-electron chi connectivity index (χ2n) is 4.55. The minimum atomic E-state index is 0.293. The number of rotatable bonds is 1. The van der Waals surface area contributed by atoms with Gasteiger partial charge in [0, 0.05) is 38.3 Å². The molecule has 17 heavy (non-hydrogen) atoms. The molecule has 0 aromatic heterocycles. The summed E-state index contributed by atoms with van der Waals surface area (Å²) in [6, 6.07) is 3.85. The number of likely N-dealkylation sites (N-methyl/N-ethyl adjacent to an activating group) is 1. The fraction of sp³-hybridized carbons (Fsp3) is 0.500. The Kier molecular flexibility index (Phi) is 2.48. The molecule has 3 rings (SSSR count). The molecule has 0 atom stereocenters. The van der Waals surface area contributed by atoms with Crippen LogP contribution in [0.4, 0.5) is 11.4 Å². The van der Waals surface area contributed by atoms with E-state index < -0.39 is 0 Å². The molecule has 1 aromatic carbocycles. The first-order chi connectivity index (χ1) is 8.24. The molecule has 0 amide bonds. The van der Waals surface area contributed by atoms with Crippen LogP contribution in [0.5, 0.6) is 11.5 Å². The fourth-order valence-corrected chi connectivity index (χ4v) is 2.27. The van der Waals surface area contributed by atoms with Gasteiger partial charge in [-0.05, 0) is 7.05 Å². The van der Waals surface area contributed by atoms with Crippen LogP contribution in [0.15, 0.2) is 12.1 Å². The molecule has 5 nitrogen and oxygen atoms in total. The van der Waals surface area contributed by atoms with Crippen molar-refractivity contribution in [1.82, 2.24) is 4.90 Å². The van der Waals surface area contributed by atoms with Crippen LogP contribution in [-0.4, -0.2) is 44.9 Å². The van der Waals surface area contributed by atoms with E-state index in [0.29, 0.717) is 6.79 Å². The zero-order chi connectivity index (χ0) is 11.8. The van der Waals surface area contributed by atoms with Crippen molar-refractivity contribution in [1.29, 1.82) is 0 Å². The van der Waals surface area contributed by atoms with E-state index in [4.69, 9.17) is 15.2 Å². The smallest absolute Gasteiger partial charge is 0.231 e. The molecule has 2 aliphatic rings. The third kappa shape index (κ3) is 1.86. The molecule has 1 fully saturated rings. The van der Waals surface area contributed by atoms with Crippen molar-refractivity contribution in [2.75, 3.05) is 50.7 Å². The van der Waals surface area contributed by atoms with Gasteiger partial charge in [0.15, 0.2) is 11.5 Å². The Hall–Kier alpha value is -1.62. The topological polar surface area (TPSA) is 51.0 Å². The third-order valence-electron chi connectivity index (χ3n) is 3.37. The molecular weight excluding hydrogens is 218 g/mol. The number of nitrogens with two attached hydrogens (primary N) is 1. The lowest BCUT2D eigenvalue weighted by Crippen LogP contribution is -2.44. The molecule has 0 spiro atoms. The average Bonchev–Trinajstić information content (AvgIpc) is 2.76. The molecule has 0 radical (unpaired) electrons. The van der Waals surface area contributed by atoms with Crippen LogP contribution < -0.4 is 20.1 Å². The number of anilines is 2. The van der Waals surface area contributed by atoms with Gasteiger partial charge in [-0.25, -0.2) is 0 Å². The SMILES string of the molecule is CN1CCN(c2cc3c(cc2N)OCO3)CC1. The number of ether oxygens (including phenoxy) is 2. The summed E-state index contributed by atoms with van der Waals surface area (Å²) < 4.78 is 10.7. The summed E-state index contributed by atoms with van der Waals surface area (Å²) in [5, 5.41) is 0. The number of fused-ring (bicyclic) bond motifs is 1. The highest BCUT2D eigenvalue weighted by molar-refractivity contribution is 5.73. The van der Waals surface area contributed by atoms with Gasteiger partial charge in [-0.15, -0.1) is 0 Å². The second-order valence-corrected chi connectivity index (χ2v) is 4.55. The fourth-order valence-electron chi connectivity index (χ4n) is 2.27. The number of hydrogen-bond donors (Lipinski definition) is 1. The van der Waals surface area contributed by atoms with Crippen molar-refractivity contribution in [2.45, 2.75) is 0 Å². The van der Waals surface area contributed by atoms with Crippen molar-refractivity contribution in [3.63, 3.8) is 0 Å². The number of nitrogen functional groups attached to an aromatic ring is 1. The van der Waals surface area contributed by atoms with Crippen LogP contribution in [0.3, 0.4) is 0 Å². The van der Waals surface area contributed by atoms with Crippen molar-refractivity contribution in [3.05, 3.63) is 12.1 Å². The first-order valence-electron chi connectivity index (χ1n) is 5.86. The molecule has 0 saturated carbocycles. The van der Waals surface area contributed by atoms with Gasteiger partial charge < -0.3 is 25.0 Å². The highest BCUT2D eigenvalue weighted by atomic mass is 16.7. The minimum absolute atomic E-state index is 0.293. The van der Waals surface area contributed by atoms with Gasteiger partial charge in [-0.3, -0.25) is 0 Å². The number of benzene rings is 1. The zero-order valence-electron chi connectivity index (χ0n) is 9.98. The summed E-state index contributed by atoms with van der Waals surface area (Å²) in [6.07, 6.45) is 0. The quantitative estimate of drug-likeness (QED) is 0.728. The van der Waals surface area contributed by atoms with Crippen molar-refractivity contribution in [2.24, 2.45) is 0 Å². The van der Waals surface area contributed by atoms with E-state index in [1.54, 1.807) is 0 Å². The Bertz CT molecular complexity index is 428. The lowest BCUT2D eigenvalue weighted by atomic mass is 10.2. The predicted octanol–water partition coefficient (Wildman–Crippen LogP) is 0.749. The minimum Gasteiger partial charge on any atom is -0.454 e. The number of hydrogen-bond acceptors (Lipinski definition) is 5. The lowest BCUT2D eigenvalue weighted by molar-refractivity contribution is 0.174. The number of piperazine rings is 1. The Morgan fingerprint density at radius 1 is 1.06 bits per heavy atom. The summed E-state index contributed by atoms with van der Waals surface area (Å²) in [5.41, 5.74) is 7.89. The standard InChI is InChI=1S/C12H17N3O2/c1-14-2-4-15(5-3-14)10-7-12-11(6-9(10)13)16-8-17-12/h6-7H,2-5,8,13H2,1H3. The zero-order valence-corrected chi connectivity index (χ0v) is 9.98. The maximum absolute atomic E-state index is 6.07. The van der Waals surface area contributed by atoms with Gasteiger partial charge in [-0.2, -0.15) is 0 Å². The van der Waals surface area contributed by atoms with Crippen molar-refractivity contribution < 1.29 is 9.47 Å². The van der Waals surface area contributed by atoms with E-state index >= 15 is 0 Å². The van der Waals surface area contributed by atoms with Gasteiger partial charge >= 0.3 is 0 Å². The van der Waals surface area contributed by atoms with Gasteiger partial charge in [-0.1, -0.05) is 0 Å². The van der Waals surface area contributed by atoms with Crippen LogP contribution in [-0.2, 0) is 0 Å². The maximum atomic E-state index is 6.07. The Morgan fingerprint density at radius 2 is 1.71 bits per heavy atom.